The zero-order valence-corrected chi connectivity index (χ0v) is 19.2. The lowest BCUT2D eigenvalue weighted by atomic mass is 10.0. The van der Waals surface area contributed by atoms with Crippen LogP contribution in [0.3, 0.4) is 0 Å². The number of hydrogen-bond donors (Lipinski definition) is 0. The Morgan fingerprint density at radius 2 is 1.35 bits per heavy atom. The van der Waals surface area contributed by atoms with Crippen molar-refractivity contribution < 1.29 is 23.9 Å². The Labute approximate surface area is 183 Å². The van der Waals surface area contributed by atoms with Gasteiger partial charge in [-0.1, -0.05) is 30.3 Å². The quantitative estimate of drug-likeness (QED) is 0.636. The Balaban J connectivity index is 2.69. The molecule has 0 bridgehead atoms. The smallest absolute Gasteiger partial charge is 0.425 e. The van der Waals surface area contributed by atoms with Gasteiger partial charge in [0.15, 0.2) is 5.82 Å². The predicted octanol–water partition coefficient (Wildman–Crippen LogP) is 5.56. The molecule has 31 heavy (non-hydrogen) atoms. The van der Waals surface area contributed by atoms with Gasteiger partial charge < -0.3 is 9.47 Å². The van der Waals surface area contributed by atoms with Gasteiger partial charge in [-0.3, -0.25) is 4.79 Å². The van der Waals surface area contributed by atoms with Gasteiger partial charge in [-0.2, -0.15) is 4.90 Å². The van der Waals surface area contributed by atoms with Crippen LogP contribution in [0, 0.1) is 0 Å². The Morgan fingerprint density at radius 3 is 1.81 bits per heavy atom. The van der Waals surface area contributed by atoms with Gasteiger partial charge in [0.2, 0.25) is 0 Å². The van der Waals surface area contributed by atoms with Gasteiger partial charge in [-0.25, -0.2) is 14.6 Å². The van der Waals surface area contributed by atoms with Gasteiger partial charge >= 0.3 is 12.2 Å². The number of benzene rings is 1. The molecular weight excluding hydrogens is 396 g/mol. The van der Waals surface area contributed by atoms with Gasteiger partial charge in [0.05, 0.1) is 5.69 Å². The lowest BCUT2D eigenvalue weighted by Crippen LogP contribution is -2.44. The molecule has 0 atom stereocenters. The molecule has 2 amide bonds. The molecule has 0 N–H and O–H groups in total. The minimum absolute atomic E-state index is 0.0495. The standard InChI is InChI=1S/C24H30N2O5/c1-16(27)15-18-13-14-19(17-11-9-8-10-12-17)20(25-18)26(21(28)30-23(2,3)4)22(29)31-24(5,6)7/h8-14H,15H2,1-7H3. The second kappa shape index (κ2) is 9.29. The van der Waals surface area contributed by atoms with E-state index in [0.717, 1.165) is 10.5 Å². The SMILES string of the molecule is CC(=O)Cc1ccc(-c2ccccc2)c(N(C(=O)OC(C)(C)C)C(=O)OC(C)(C)C)n1. The van der Waals surface area contributed by atoms with E-state index in [0.29, 0.717) is 11.3 Å². The van der Waals surface area contributed by atoms with Crippen LogP contribution in [0.1, 0.15) is 54.2 Å². The molecule has 0 radical (unpaired) electrons. The maximum absolute atomic E-state index is 13.1. The number of aromatic nitrogens is 1. The number of carbonyl (C=O) groups is 3. The second-order valence-electron chi connectivity index (χ2n) is 9.21. The number of Topliss-reactive ketones (excluding diaryl/α,β-unsaturated/α-hetero) is 1. The second-order valence-corrected chi connectivity index (χ2v) is 9.21. The largest absolute Gasteiger partial charge is 0.443 e. The van der Waals surface area contributed by atoms with E-state index in [1.165, 1.54) is 6.92 Å². The maximum Gasteiger partial charge on any atom is 0.425 e. The minimum Gasteiger partial charge on any atom is -0.443 e. The minimum atomic E-state index is -0.911. The summed E-state index contributed by atoms with van der Waals surface area (Å²) in [5.41, 5.74) is 0.0168. The molecule has 2 rings (SSSR count). The highest BCUT2D eigenvalue weighted by Gasteiger charge is 2.35. The van der Waals surface area contributed by atoms with Gasteiger partial charge in [0.25, 0.3) is 0 Å². The topological polar surface area (TPSA) is 85.8 Å². The Hall–Kier alpha value is -3.22. The Bertz CT molecular complexity index is 928. The van der Waals surface area contributed by atoms with Crippen molar-refractivity contribution in [2.75, 3.05) is 4.90 Å². The average Bonchev–Trinajstić information content (AvgIpc) is 2.59. The fraction of sp³-hybridized carbons (Fsp3) is 0.417. The monoisotopic (exact) mass is 426 g/mol. The maximum atomic E-state index is 13.1. The summed E-state index contributed by atoms with van der Waals surface area (Å²) in [4.78, 5) is 43.1. The molecule has 0 aliphatic carbocycles. The van der Waals surface area contributed by atoms with E-state index in [4.69, 9.17) is 9.47 Å². The molecule has 0 unspecified atom stereocenters. The van der Waals surface area contributed by atoms with Crippen LogP contribution in [0.5, 0.6) is 0 Å². The molecule has 1 aromatic heterocycles. The normalized spacial score (nSPS) is 11.6. The molecule has 1 aromatic carbocycles. The number of hydrogen-bond acceptors (Lipinski definition) is 6. The van der Waals surface area contributed by atoms with Crippen LogP contribution in [-0.2, 0) is 20.7 Å². The summed E-state index contributed by atoms with van der Waals surface area (Å²) in [6.07, 6.45) is -1.75. The predicted molar refractivity (Wildman–Crippen MR) is 119 cm³/mol. The van der Waals surface area contributed by atoms with E-state index in [1.54, 1.807) is 53.7 Å². The third-order valence-corrected chi connectivity index (χ3v) is 3.81. The van der Waals surface area contributed by atoms with Crippen molar-refractivity contribution >= 4 is 23.8 Å². The molecule has 0 fully saturated rings. The molecule has 7 nitrogen and oxygen atoms in total. The van der Waals surface area contributed by atoms with E-state index in [1.807, 2.05) is 30.3 Å². The summed E-state index contributed by atoms with van der Waals surface area (Å²) in [5, 5.41) is 0. The van der Waals surface area contributed by atoms with E-state index in [-0.39, 0.29) is 18.0 Å². The molecule has 7 heteroatoms. The number of rotatable bonds is 4. The number of ether oxygens (including phenoxy) is 2. The summed E-state index contributed by atoms with van der Waals surface area (Å²) >= 11 is 0. The van der Waals surface area contributed by atoms with Crippen molar-refractivity contribution in [3.63, 3.8) is 0 Å². The van der Waals surface area contributed by atoms with Crippen LogP contribution in [0.25, 0.3) is 11.1 Å². The summed E-state index contributed by atoms with van der Waals surface area (Å²) < 4.78 is 11.0. The van der Waals surface area contributed by atoms with Crippen LogP contribution in [0.4, 0.5) is 15.4 Å². The van der Waals surface area contributed by atoms with Crippen molar-refractivity contribution in [2.45, 2.75) is 66.1 Å². The van der Waals surface area contributed by atoms with E-state index < -0.39 is 23.4 Å². The molecule has 0 aliphatic heterocycles. The zero-order chi connectivity index (χ0) is 23.4. The zero-order valence-electron chi connectivity index (χ0n) is 19.2. The van der Waals surface area contributed by atoms with Crippen LogP contribution in [0.2, 0.25) is 0 Å². The first kappa shape index (κ1) is 24.1. The number of carbonyl (C=O) groups excluding carboxylic acids is 3. The van der Waals surface area contributed by atoms with Crippen LogP contribution in [0.15, 0.2) is 42.5 Å². The number of ketones is 1. The highest BCUT2D eigenvalue weighted by molar-refractivity contribution is 6.11. The summed E-state index contributed by atoms with van der Waals surface area (Å²) in [7, 11) is 0. The van der Waals surface area contributed by atoms with E-state index >= 15 is 0 Å². The average molecular weight is 427 g/mol. The molecule has 1 heterocycles. The van der Waals surface area contributed by atoms with Gasteiger partial charge in [-0.05, 0) is 66.2 Å². The third-order valence-electron chi connectivity index (χ3n) is 3.81. The number of amides is 2. The van der Waals surface area contributed by atoms with Crippen molar-refractivity contribution in [3.05, 3.63) is 48.2 Å². The molecular formula is C24H30N2O5. The third kappa shape index (κ3) is 7.20. The highest BCUT2D eigenvalue weighted by Crippen LogP contribution is 2.32. The highest BCUT2D eigenvalue weighted by atomic mass is 16.6. The van der Waals surface area contributed by atoms with Gasteiger partial charge in [-0.15, -0.1) is 0 Å². The number of nitrogens with zero attached hydrogens (tertiary/aromatic N) is 2. The number of imide groups is 1. The summed E-state index contributed by atoms with van der Waals surface area (Å²) in [5.74, 6) is -0.0413. The lowest BCUT2D eigenvalue weighted by Gasteiger charge is -2.29. The van der Waals surface area contributed by atoms with Gasteiger partial charge in [0.1, 0.15) is 17.0 Å². The fourth-order valence-electron chi connectivity index (χ4n) is 2.72. The van der Waals surface area contributed by atoms with E-state index in [2.05, 4.69) is 4.98 Å². The Morgan fingerprint density at radius 1 is 0.839 bits per heavy atom. The van der Waals surface area contributed by atoms with Crippen LogP contribution < -0.4 is 4.90 Å². The first-order chi connectivity index (χ1) is 14.3. The van der Waals surface area contributed by atoms with E-state index in [9.17, 15) is 14.4 Å². The van der Waals surface area contributed by atoms with Crippen molar-refractivity contribution in [3.8, 4) is 11.1 Å². The molecule has 2 aromatic rings. The number of anilines is 1. The van der Waals surface area contributed by atoms with Crippen LogP contribution in [-0.4, -0.2) is 34.2 Å². The molecule has 0 saturated carbocycles. The Kier molecular flexibility index (Phi) is 7.21. The first-order valence-electron chi connectivity index (χ1n) is 10.1. The van der Waals surface area contributed by atoms with Crippen molar-refractivity contribution in [2.24, 2.45) is 0 Å². The number of pyridine rings is 1. The first-order valence-corrected chi connectivity index (χ1v) is 10.1. The summed E-state index contributed by atoms with van der Waals surface area (Å²) in [6, 6.07) is 12.7. The molecule has 0 spiro atoms. The molecule has 0 aliphatic rings. The van der Waals surface area contributed by atoms with Crippen LogP contribution >= 0.6 is 0 Å². The molecule has 0 saturated heterocycles. The van der Waals surface area contributed by atoms with Crippen molar-refractivity contribution in [1.29, 1.82) is 0 Å². The fourth-order valence-corrected chi connectivity index (χ4v) is 2.72. The summed E-state index contributed by atoms with van der Waals surface area (Å²) in [6.45, 7) is 11.7. The lowest BCUT2D eigenvalue weighted by molar-refractivity contribution is -0.116. The molecule has 166 valence electrons. The van der Waals surface area contributed by atoms with Crippen molar-refractivity contribution in [1.82, 2.24) is 4.98 Å². The van der Waals surface area contributed by atoms with Gasteiger partial charge in [0, 0.05) is 12.0 Å².